The normalized spacial score (nSPS) is 18.4. The Morgan fingerprint density at radius 1 is 1.39 bits per heavy atom. The summed E-state index contributed by atoms with van der Waals surface area (Å²) < 4.78 is 2.00. The number of carboxylic acids is 1. The van der Waals surface area contributed by atoms with Gasteiger partial charge >= 0.3 is 5.97 Å². The number of hydrogen-bond donors (Lipinski definition) is 3. The summed E-state index contributed by atoms with van der Waals surface area (Å²) in [5, 5.41) is 20.4. The topological polar surface area (TPSA) is 92.1 Å². The van der Waals surface area contributed by atoms with Crippen molar-refractivity contribution < 1.29 is 9.90 Å². The molecule has 0 bridgehead atoms. The zero-order valence-corrected chi connectivity index (χ0v) is 13.1. The number of rotatable bonds is 4. The van der Waals surface area contributed by atoms with Crippen molar-refractivity contribution in [3.8, 4) is 0 Å². The van der Waals surface area contributed by atoms with E-state index in [1.807, 2.05) is 17.8 Å². The Hall–Kier alpha value is -2.41. The third kappa shape index (κ3) is 3.50. The van der Waals surface area contributed by atoms with Gasteiger partial charge in [0.05, 0.1) is 34.9 Å². The van der Waals surface area contributed by atoms with Crippen molar-refractivity contribution in [2.24, 2.45) is 0 Å². The van der Waals surface area contributed by atoms with Crippen LogP contribution in [0.2, 0.25) is 0 Å². The highest BCUT2D eigenvalue weighted by molar-refractivity contribution is 5.94. The van der Waals surface area contributed by atoms with Gasteiger partial charge in [0.25, 0.3) is 0 Å². The molecule has 3 N–H and O–H groups in total. The first-order chi connectivity index (χ1) is 11.1. The van der Waals surface area contributed by atoms with Gasteiger partial charge in [0.2, 0.25) is 0 Å². The quantitative estimate of drug-likeness (QED) is 0.802. The van der Waals surface area contributed by atoms with E-state index in [0.717, 1.165) is 43.7 Å². The summed E-state index contributed by atoms with van der Waals surface area (Å²) in [5.74, 6) is -0.977. The maximum absolute atomic E-state index is 11.3. The molecule has 1 aliphatic rings. The molecular weight excluding hydrogens is 294 g/mol. The van der Waals surface area contributed by atoms with Crippen molar-refractivity contribution in [2.75, 3.05) is 18.4 Å². The van der Waals surface area contributed by atoms with E-state index in [1.165, 1.54) is 18.5 Å². The standard InChI is InChI=1S/C16H21N5O2/c1-11-15(19-14-9-18-8-5-13(14)16(22)23)10-21(20-11)12-3-2-6-17-7-4-12/h5,8-10,12,17,19H,2-4,6-7H2,1H3,(H,22,23)/t12-/m1/s1. The number of aryl methyl sites for hydroxylation is 1. The molecule has 2 aromatic rings. The Kier molecular flexibility index (Phi) is 4.57. The van der Waals surface area contributed by atoms with Crippen LogP contribution < -0.4 is 10.6 Å². The molecule has 0 radical (unpaired) electrons. The molecule has 0 aliphatic carbocycles. The van der Waals surface area contributed by atoms with Gasteiger partial charge in [-0.15, -0.1) is 0 Å². The van der Waals surface area contributed by atoms with Gasteiger partial charge < -0.3 is 15.7 Å². The summed E-state index contributed by atoms with van der Waals surface area (Å²) in [6.45, 7) is 3.97. The highest BCUT2D eigenvalue weighted by Crippen LogP contribution is 2.26. The van der Waals surface area contributed by atoms with Gasteiger partial charge in [0, 0.05) is 12.4 Å². The number of carbonyl (C=O) groups is 1. The predicted octanol–water partition coefficient (Wildman–Crippen LogP) is 2.34. The van der Waals surface area contributed by atoms with Crippen LogP contribution in [0.15, 0.2) is 24.7 Å². The molecule has 0 unspecified atom stereocenters. The number of anilines is 2. The Morgan fingerprint density at radius 2 is 2.26 bits per heavy atom. The SMILES string of the molecule is Cc1nn([C@@H]2CCCNCC2)cc1Nc1cnccc1C(=O)O. The molecule has 1 fully saturated rings. The monoisotopic (exact) mass is 315 g/mol. The summed E-state index contributed by atoms with van der Waals surface area (Å²) in [5.41, 5.74) is 2.34. The van der Waals surface area contributed by atoms with E-state index in [2.05, 4.69) is 20.7 Å². The first kappa shape index (κ1) is 15.5. The molecule has 0 amide bonds. The molecule has 23 heavy (non-hydrogen) atoms. The summed E-state index contributed by atoms with van der Waals surface area (Å²) in [4.78, 5) is 15.3. The molecule has 3 heterocycles. The zero-order valence-electron chi connectivity index (χ0n) is 13.1. The molecule has 0 spiro atoms. The number of hydrogen-bond acceptors (Lipinski definition) is 5. The highest BCUT2D eigenvalue weighted by Gasteiger charge is 2.17. The molecule has 0 aromatic carbocycles. The zero-order chi connectivity index (χ0) is 16.2. The predicted molar refractivity (Wildman–Crippen MR) is 87.2 cm³/mol. The first-order valence-electron chi connectivity index (χ1n) is 7.86. The van der Waals surface area contributed by atoms with Gasteiger partial charge in [-0.1, -0.05) is 0 Å². The molecule has 1 saturated heterocycles. The van der Waals surface area contributed by atoms with Gasteiger partial charge in [-0.3, -0.25) is 9.67 Å². The highest BCUT2D eigenvalue weighted by atomic mass is 16.4. The molecule has 2 aromatic heterocycles. The van der Waals surface area contributed by atoms with E-state index in [-0.39, 0.29) is 5.56 Å². The molecule has 7 heteroatoms. The summed E-state index contributed by atoms with van der Waals surface area (Å²) in [6, 6.07) is 1.87. The van der Waals surface area contributed by atoms with Crippen LogP contribution in [0, 0.1) is 6.92 Å². The molecule has 1 aliphatic heterocycles. The maximum Gasteiger partial charge on any atom is 0.337 e. The van der Waals surface area contributed by atoms with Crippen LogP contribution in [-0.2, 0) is 0 Å². The van der Waals surface area contributed by atoms with Gasteiger partial charge in [0.1, 0.15) is 0 Å². The van der Waals surface area contributed by atoms with E-state index in [0.29, 0.717) is 11.7 Å². The van der Waals surface area contributed by atoms with Crippen LogP contribution >= 0.6 is 0 Å². The third-order valence-corrected chi connectivity index (χ3v) is 4.16. The van der Waals surface area contributed by atoms with E-state index in [9.17, 15) is 9.90 Å². The van der Waals surface area contributed by atoms with Crippen molar-refractivity contribution in [1.82, 2.24) is 20.1 Å². The summed E-state index contributed by atoms with van der Waals surface area (Å²) in [7, 11) is 0. The van der Waals surface area contributed by atoms with Crippen LogP contribution in [0.1, 0.15) is 41.4 Å². The van der Waals surface area contributed by atoms with E-state index in [4.69, 9.17) is 0 Å². The second-order valence-corrected chi connectivity index (χ2v) is 5.79. The fraction of sp³-hybridized carbons (Fsp3) is 0.438. The second-order valence-electron chi connectivity index (χ2n) is 5.79. The molecular formula is C16H21N5O2. The fourth-order valence-electron chi connectivity index (χ4n) is 2.88. The molecule has 7 nitrogen and oxygen atoms in total. The second kappa shape index (κ2) is 6.78. The summed E-state index contributed by atoms with van der Waals surface area (Å²) in [6.07, 6.45) is 8.25. The van der Waals surface area contributed by atoms with Crippen LogP contribution in [-0.4, -0.2) is 38.9 Å². The van der Waals surface area contributed by atoms with Gasteiger partial charge in [-0.05, 0) is 45.3 Å². The van der Waals surface area contributed by atoms with Crippen LogP contribution in [0.3, 0.4) is 0 Å². The Bertz CT molecular complexity index is 690. The fourth-order valence-corrected chi connectivity index (χ4v) is 2.88. The minimum atomic E-state index is -0.977. The minimum absolute atomic E-state index is 0.200. The van der Waals surface area contributed by atoms with Crippen LogP contribution in [0.5, 0.6) is 0 Å². The smallest absolute Gasteiger partial charge is 0.337 e. The van der Waals surface area contributed by atoms with E-state index >= 15 is 0 Å². The molecule has 122 valence electrons. The molecule has 3 rings (SSSR count). The van der Waals surface area contributed by atoms with Crippen molar-refractivity contribution in [2.45, 2.75) is 32.2 Å². The average Bonchev–Trinajstić information content (AvgIpc) is 2.76. The van der Waals surface area contributed by atoms with Crippen molar-refractivity contribution in [3.63, 3.8) is 0 Å². The largest absolute Gasteiger partial charge is 0.478 e. The number of carboxylic acid groups (broad SMARTS) is 1. The van der Waals surface area contributed by atoms with Crippen LogP contribution in [0.4, 0.5) is 11.4 Å². The number of aromatic carboxylic acids is 1. The molecule has 1 atom stereocenters. The van der Waals surface area contributed by atoms with E-state index in [1.54, 1.807) is 0 Å². The first-order valence-corrected chi connectivity index (χ1v) is 7.86. The number of aromatic nitrogens is 3. The molecule has 0 saturated carbocycles. The summed E-state index contributed by atoms with van der Waals surface area (Å²) >= 11 is 0. The van der Waals surface area contributed by atoms with Crippen LogP contribution in [0.25, 0.3) is 0 Å². The van der Waals surface area contributed by atoms with E-state index < -0.39 is 5.97 Å². The van der Waals surface area contributed by atoms with Crippen molar-refractivity contribution >= 4 is 17.3 Å². The minimum Gasteiger partial charge on any atom is -0.478 e. The maximum atomic E-state index is 11.3. The average molecular weight is 315 g/mol. The number of nitrogens with zero attached hydrogens (tertiary/aromatic N) is 3. The van der Waals surface area contributed by atoms with Crippen molar-refractivity contribution in [3.05, 3.63) is 35.9 Å². The lowest BCUT2D eigenvalue weighted by atomic mass is 10.1. The Morgan fingerprint density at radius 3 is 3.09 bits per heavy atom. The Labute approximate surface area is 134 Å². The van der Waals surface area contributed by atoms with Crippen molar-refractivity contribution in [1.29, 1.82) is 0 Å². The lowest BCUT2D eigenvalue weighted by molar-refractivity contribution is 0.0698. The number of pyridine rings is 1. The lowest BCUT2D eigenvalue weighted by Crippen LogP contribution is -2.15. The van der Waals surface area contributed by atoms with Gasteiger partial charge in [-0.2, -0.15) is 5.10 Å². The van der Waals surface area contributed by atoms with Gasteiger partial charge in [-0.25, -0.2) is 4.79 Å². The number of nitrogens with one attached hydrogen (secondary N) is 2. The lowest BCUT2D eigenvalue weighted by Gasteiger charge is -2.14. The Balaban J connectivity index is 1.83. The third-order valence-electron chi connectivity index (χ3n) is 4.16. The van der Waals surface area contributed by atoms with Gasteiger partial charge in [0.15, 0.2) is 0 Å².